The van der Waals surface area contributed by atoms with Crippen LogP contribution < -0.4 is 15.2 Å². The van der Waals surface area contributed by atoms with E-state index in [1.54, 1.807) is 0 Å². The second-order valence-corrected chi connectivity index (χ2v) is 5.98. The van der Waals surface area contributed by atoms with Gasteiger partial charge in [-0.3, -0.25) is 5.10 Å². The van der Waals surface area contributed by atoms with Gasteiger partial charge >= 0.3 is 0 Å². The van der Waals surface area contributed by atoms with Crippen LogP contribution in [0, 0.1) is 18.3 Å². The normalized spacial score (nSPS) is 15.8. The molecule has 4 rings (SSSR count). The number of allylic oxidation sites excluding steroid dienone is 1. The van der Waals surface area contributed by atoms with Gasteiger partial charge < -0.3 is 15.2 Å². The lowest BCUT2D eigenvalue weighted by atomic mass is 9.84. The van der Waals surface area contributed by atoms with Crippen LogP contribution in [0.5, 0.6) is 17.4 Å². The van der Waals surface area contributed by atoms with E-state index in [0.717, 1.165) is 22.6 Å². The van der Waals surface area contributed by atoms with E-state index in [1.807, 2.05) is 61.5 Å². The van der Waals surface area contributed by atoms with Crippen molar-refractivity contribution >= 4 is 0 Å². The van der Waals surface area contributed by atoms with Crippen LogP contribution in [0.4, 0.5) is 0 Å². The molecule has 0 amide bonds. The highest BCUT2D eigenvalue weighted by atomic mass is 16.5. The van der Waals surface area contributed by atoms with Gasteiger partial charge in [0, 0.05) is 11.3 Å². The van der Waals surface area contributed by atoms with E-state index in [4.69, 9.17) is 15.2 Å². The fourth-order valence-electron chi connectivity index (χ4n) is 3.11. The Morgan fingerprint density at radius 3 is 2.69 bits per heavy atom. The van der Waals surface area contributed by atoms with E-state index in [9.17, 15) is 5.26 Å². The lowest BCUT2D eigenvalue weighted by Crippen LogP contribution is -2.21. The summed E-state index contributed by atoms with van der Waals surface area (Å²) in [5, 5.41) is 16.7. The third kappa shape index (κ3) is 2.66. The Kier molecular flexibility index (Phi) is 3.82. The number of hydrogen-bond donors (Lipinski definition) is 2. The van der Waals surface area contributed by atoms with Crippen molar-refractivity contribution in [3.63, 3.8) is 0 Å². The van der Waals surface area contributed by atoms with Crippen LogP contribution in [0.15, 0.2) is 66.1 Å². The predicted molar refractivity (Wildman–Crippen MR) is 95.6 cm³/mol. The van der Waals surface area contributed by atoms with E-state index in [-0.39, 0.29) is 11.8 Å². The van der Waals surface area contributed by atoms with Crippen molar-refractivity contribution in [2.24, 2.45) is 5.73 Å². The molecule has 0 saturated carbocycles. The molecule has 1 atom stereocenters. The third-order valence-electron chi connectivity index (χ3n) is 4.30. The summed E-state index contributed by atoms with van der Waals surface area (Å²) >= 11 is 0. The number of para-hydroxylation sites is 1. The summed E-state index contributed by atoms with van der Waals surface area (Å²) in [6.07, 6.45) is 0. The van der Waals surface area contributed by atoms with Crippen LogP contribution in [0.1, 0.15) is 22.7 Å². The molecule has 6 nitrogen and oxygen atoms in total. The zero-order valence-corrected chi connectivity index (χ0v) is 14.1. The Morgan fingerprint density at radius 2 is 1.92 bits per heavy atom. The highest BCUT2D eigenvalue weighted by molar-refractivity contribution is 5.55. The Labute approximate surface area is 150 Å². The number of fused-ring (bicyclic) bond motifs is 1. The first-order valence-electron chi connectivity index (χ1n) is 8.12. The number of aryl methyl sites for hydroxylation is 1. The first kappa shape index (κ1) is 15.8. The van der Waals surface area contributed by atoms with Gasteiger partial charge in [0.15, 0.2) is 0 Å². The van der Waals surface area contributed by atoms with Gasteiger partial charge in [-0.2, -0.15) is 5.26 Å². The lowest BCUT2D eigenvalue weighted by Gasteiger charge is -2.24. The molecule has 0 fully saturated rings. The summed E-state index contributed by atoms with van der Waals surface area (Å²) in [6.45, 7) is 1.89. The lowest BCUT2D eigenvalue weighted by molar-refractivity contribution is 0.378. The standard InChI is InChI=1S/C20H16N4O2/c1-12-17-18(16(11-21)19(22)26-20(17)24-23-12)13-6-5-9-15(10-13)25-14-7-3-2-4-8-14/h2-10,18H,22H2,1H3,(H,23,24)/t18-/m0/s1. The Hall–Kier alpha value is -3.72. The number of nitriles is 1. The summed E-state index contributed by atoms with van der Waals surface area (Å²) < 4.78 is 11.4. The maximum absolute atomic E-state index is 9.62. The van der Waals surface area contributed by atoms with Crippen LogP contribution in [-0.4, -0.2) is 10.2 Å². The fraction of sp³-hybridized carbons (Fsp3) is 0.100. The van der Waals surface area contributed by atoms with Crippen molar-refractivity contribution in [2.45, 2.75) is 12.8 Å². The molecule has 2 heterocycles. The van der Waals surface area contributed by atoms with E-state index >= 15 is 0 Å². The summed E-state index contributed by atoms with van der Waals surface area (Å²) in [5.74, 6) is 1.54. The second kappa shape index (κ2) is 6.30. The fourth-order valence-corrected chi connectivity index (χ4v) is 3.11. The minimum atomic E-state index is -0.359. The van der Waals surface area contributed by atoms with Gasteiger partial charge in [-0.1, -0.05) is 30.3 Å². The number of nitrogens with two attached hydrogens (primary N) is 1. The topological polar surface area (TPSA) is 97.0 Å². The molecule has 0 bridgehead atoms. The van der Waals surface area contributed by atoms with E-state index < -0.39 is 0 Å². The second-order valence-electron chi connectivity index (χ2n) is 5.98. The largest absolute Gasteiger partial charge is 0.457 e. The molecular formula is C20H16N4O2. The molecule has 0 unspecified atom stereocenters. The number of hydrogen-bond acceptors (Lipinski definition) is 5. The smallest absolute Gasteiger partial charge is 0.244 e. The number of nitrogens with zero attached hydrogens (tertiary/aromatic N) is 2. The molecule has 1 aromatic heterocycles. The first-order valence-corrected chi connectivity index (χ1v) is 8.12. The van der Waals surface area contributed by atoms with Gasteiger partial charge in [0.1, 0.15) is 23.1 Å². The molecule has 26 heavy (non-hydrogen) atoms. The van der Waals surface area contributed by atoms with E-state index in [0.29, 0.717) is 17.2 Å². The van der Waals surface area contributed by atoms with Crippen molar-refractivity contribution in [2.75, 3.05) is 0 Å². The maximum atomic E-state index is 9.62. The summed E-state index contributed by atoms with van der Waals surface area (Å²) in [7, 11) is 0. The molecule has 0 radical (unpaired) electrons. The third-order valence-corrected chi connectivity index (χ3v) is 4.30. The van der Waals surface area contributed by atoms with Crippen LogP contribution in [-0.2, 0) is 0 Å². The quantitative estimate of drug-likeness (QED) is 0.754. The number of aromatic amines is 1. The first-order chi connectivity index (χ1) is 12.7. The van der Waals surface area contributed by atoms with Crippen molar-refractivity contribution in [3.05, 3.63) is 82.9 Å². The Bertz CT molecular complexity index is 1030. The Morgan fingerprint density at radius 1 is 1.15 bits per heavy atom. The molecule has 2 aromatic carbocycles. The average molecular weight is 344 g/mol. The van der Waals surface area contributed by atoms with Crippen molar-refractivity contribution in [3.8, 4) is 23.4 Å². The van der Waals surface area contributed by atoms with E-state index in [2.05, 4.69) is 16.3 Å². The molecule has 128 valence electrons. The molecule has 6 heteroatoms. The van der Waals surface area contributed by atoms with E-state index in [1.165, 1.54) is 0 Å². The molecule has 0 saturated heterocycles. The molecule has 1 aliphatic rings. The van der Waals surface area contributed by atoms with Gasteiger partial charge in [-0.15, -0.1) is 5.10 Å². The van der Waals surface area contributed by atoms with Gasteiger partial charge in [-0.25, -0.2) is 0 Å². The predicted octanol–water partition coefficient (Wildman–Crippen LogP) is 3.73. The van der Waals surface area contributed by atoms with Crippen molar-refractivity contribution in [1.82, 2.24) is 10.2 Å². The number of benzene rings is 2. The minimum absolute atomic E-state index is 0.0749. The summed E-state index contributed by atoms with van der Waals surface area (Å²) in [4.78, 5) is 0. The van der Waals surface area contributed by atoms with Crippen LogP contribution in [0.25, 0.3) is 0 Å². The zero-order chi connectivity index (χ0) is 18.1. The van der Waals surface area contributed by atoms with Gasteiger partial charge in [0.05, 0.1) is 5.92 Å². The molecular weight excluding hydrogens is 328 g/mol. The molecule has 1 aliphatic heterocycles. The van der Waals surface area contributed by atoms with Crippen molar-refractivity contribution in [1.29, 1.82) is 5.26 Å². The van der Waals surface area contributed by atoms with Gasteiger partial charge in [0.2, 0.25) is 11.8 Å². The van der Waals surface area contributed by atoms with Crippen molar-refractivity contribution < 1.29 is 9.47 Å². The summed E-state index contributed by atoms with van der Waals surface area (Å²) in [5.41, 5.74) is 8.84. The molecule has 3 N–H and O–H groups in total. The molecule has 3 aromatic rings. The van der Waals surface area contributed by atoms with Gasteiger partial charge in [-0.05, 0) is 36.8 Å². The average Bonchev–Trinajstić information content (AvgIpc) is 3.02. The summed E-state index contributed by atoms with van der Waals surface area (Å²) in [6, 6.07) is 19.3. The molecule has 0 aliphatic carbocycles. The number of ether oxygens (including phenoxy) is 2. The van der Waals surface area contributed by atoms with Crippen LogP contribution in [0.3, 0.4) is 0 Å². The SMILES string of the molecule is Cc1[nH]nc2c1[C@@H](c1cccc(Oc3ccccc3)c1)C(C#N)=C(N)O2. The maximum Gasteiger partial charge on any atom is 0.244 e. The monoisotopic (exact) mass is 344 g/mol. The van der Waals surface area contributed by atoms with Crippen LogP contribution >= 0.6 is 0 Å². The molecule has 0 spiro atoms. The van der Waals surface area contributed by atoms with Gasteiger partial charge in [0.25, 0.3) is 0 Å². The van der Waals surface area contributed by atoms with Crippen LogP contribution in [0.2, 0.25) is 0 Å². The number of rotatable bonds is 3. The minimum Gasteiger partial charge on any atom is -0.457 e. The Balaban J connectivity index is 1.78. The highest BCUT2D eigenvalue weighted by Gasteiger charge is 2.34. The zero-order valence-electron chi connectivity index (χ0n) is 14.1. The highest BCUT2D eigenvalue weighted by Crippen LogP contribution is 2.43. The number of H-pyrrole nitrogens is 1. The number of aromatic nitrogens is 2. The number of nitrogens with one attached hydrogen (secondary N) is 1.